The fourth-order valence-electron chi connectivity index (χ4n) is 2.62. The molecule has 1 aromatic heterocycles. The van der Waals surface area contributed by atoms with E-state index in [4.69, 9.17) is 21.1 Å². The van der Waals surface area contributed by atoms with Gasteiger partial charge in [0.05, 0.1) is 6.04 Å². The van der Waals surface area contributed by atoms with Crippen molar-refractivity contribution in [1.82, 2.24) is 9.88 Å². The number of carbonyl (C=O) groups is 1. The quantitative estimate of drug-likeness (QED) is 0.829. The van der Waals surface area contributed by atoms with E-state index in [1.54, 1.807) is 23.2 Å². The molecular weight excluding hydrogens is 316 g/mol. The Morgan fingerprint density at radius 1 is 1.48 bits per heavy atom. The van der Waals surface area contributed by atoms with Crippen molar-refractivity contribution in [2.45, 2.75) is 52.2 Å². The van der Waals surface area contributed by atoms with Gasteiger partial charge in [0.15, 0.2) is 0 Å². The Bertz CT molecular complexity index is 545. The van der Waals surface area contributed by atoms with Crippen LogP contribution < -0.4 is 4.74 Å². The standard InChI is InChI=1S/C17H25ClN2O3/c1-12-6-8-20(16(21)23-17(2,3)4)14(9-12)11-22-15-10-13(18)5-7-19-15/h5,7,10,12,14H,6,8-9,11H2,1-4H3/t12-,14+/m1/s1. The summed E-state index contributed by atoms with van der Waals surface area (Å²) in [6.07, 6.45) is 3.19. The van der Waals surface area contributed by atoms with Crippen molar-refractivity contribution in [1.29, 1.82) is 0 Å². The van der Waals surface area contributed by atoms with Gasteiger partial charge in [0.1, 0.15) is 12.2 Å². The van der Waals surface area contributed by atoms with Crippen LogP contribution >= 0.6 is 11.6 Å². The van der Waals surface area contributed by atoms with E-state index in [0.29, 0.717) is 30.0 Å². The summed E-state index contributed by atoms with van der Waals surface area (Å²) in [5.74, 6) is 1.02. The van der Waals surface area contributed by atoms with E-state index in [2.05, 4.69) is 11.9 Å². The molecule has 0 bridgehead atoms. The summed E-state index contributed by atoms with van der Waals surface area (Å²) in [5.41, 5.74) is -0.500. The van der Waals surface area contributed by atoms with Crippen LogP contribution in [0, 0.1) is 5.92 Å². The van der Waals surface area contributed by atoms with Crippen molar-refractivity contribution >= 4 is 17.7 Å². The van der Waals surface area contributed by atoms with Crippen LogP contribution in [0.5, 0.6) is 5.88 Å². The van der Waals surface area contributed by atoms with Crippen LogP contribution in [0.25, 0.3) is 0 Å². The van der Waals surface area contributed by atoms with Gasteiger partial charge in [-0.1, -0.05) is 18.5 Å². The number of hydrogen-bond donors (Lipinski definition) is 0. The van der Waals surface area contributed by atoms with Crippen molar-refractivity contribution in [3.8, 4) is 5.88 Å². The molecule has 0 spiro atoms. The molecule has 1 aliphatic heterocycles. The van der Waals surface area contributed by atoms with Crippen LogP contribution in [-0.4, -0.2) is 40.8 Å². The Balaban J connectivity index is 2.01. The molecule has 0 saturated carbocycles. The fourth-order valence-corrected chi connectivity index (χ4v) is 2.77. The zero-order chi connectivity index (χ0) is 17.0. The first-order valence-corrected chi connectivity index (χ1v) is 8.36. The Kier molecular flexibility index (Phi) is 5.74. The van der Waals surface area contributed by atoms with Crippen LogP contribution in [0.2, 0.25) is 5.02 Å². The second kappa shape index (κ2) is 7.39. The lowest BCUT2D eigenvalue weighted by Gasteiger charge is -2.38. The lowest BCUT2D eigenvalue weighted by molar-refractivity contribution is -0.00177. The van der Waals surface area contributed by atoms with Crippen LogP contribution in [0.3, 0.4) is 0 Å². The van der Waals surface area contributed by atoms with Gasteiger partial charge in [0, 0.05) is 23.8 Å². The summed E-state index contributed by atoms with van der Waals surface area (Å²) in [6.45, 7) is 8.89. The highest BCUT2D eigenvalue weighted by atomic mass is 35.5. The minimum absolute atomic E-state index is 0.0191. The third-order valence-corrected chi connectivity index (χ3v) is 3.96. The van der Waals surface area contributed by atoms with E-state index >= 15 is 0 Å². The largest absolute Gasteiger partial charge is 0.475 e. The van der Waals surface area contributed by atoms with Gasteiger partial charge >= 0.3 is 6.09 Å². The molecule has 2 heterocycles. The van der Waals surface area contributed by atoms with Crippen molar-refractivity contribution in [2.24, 2.45) is 5.92 Å². The highest BCUT2D eigenvalue weighted by Gasteiger charge is 2.33. The molecule has 0 N–H and O–H groups in total. The number of piperidine rings is 1. The van der Waals surface area contributed by atoms with Crippen molar-refractivity contribution in [2.75, 3.05) is 13.2 Å². The summed E-state index contributed by atoms with van der Waals surface area (Å²) in [5, 5.41) is 0.580. The smallest absolute Gasteiger partial charge is 0.410 e. The summed E-state index contributed by atoms with van der Waals surface area (Å²) in [7, 11) is 0. The number of amides is 1. The maximum absolute atomic E-state index is 12.4. The molecule has 0 radical (unpaired) electrons. The Morgan fingerprint density at radius 3 is 2.87 bits per heavy atom. The molecule has 1 aromatic rings. The van der Waals surface area contributed by atoms with Crippen molar-refractivity contribution in [3.05, 3.63) is 23.4 Å². The highest BCUT2D eigenvalue weighted by Crippen LogP contribution is 2.25. The predicted molar refractivity (Wildman–Crippen MR) is 89.9 cm³/mol. The van der Waals surface area contributed by atoms with Crippen molar-refractivity contribution < 1.29 is 14.3 Å². The maximum atomic E-state index is 12.4. The van der Waals surface area contributed by atoms with Gasteiger partial charge in [-0.2, -0.15) is 0 Å². The number of pyridine rings is 1. The molecule has 0 aliphatic carbocycles. The third-order valence-electron chi connectivity index (χ3n) is 3.73. The second-order valence-electron chi connectivity index (χ2n) is 7.08. The number of nitrogens with zero attached hydrogens (tertiary/aromatic N) is 2. The SMILES string of the molecule is C[C@@H]1CCN(C(=O)OC(C)(C)C)[C@H](COc2cc(Cl)ccn2)C1. The van der Waals surface area contributed by atoms with Crippen molar-refractivity contribution in [3.63, 3.8) is 0 Å². The topological polar surface area (TPSA) is 51.7 Å². The number of ether oxygens (including phenoxy) is 2. The molecule has 2 atom stereocenters. The highest BCUT2D eigenvalue weighted by molar-refractivity contribution is 6.30. The first-order chi connectivity index (χ1) is 10.7. The van der Waals surface area contributed by atoms with E-state index in [9.17, 15) is 4.79 Å². The van der Waals surface area contributed by atoms with Crippen LogP contribution in [0.15, 0.2) is 18.3 Å². The zero-order valence-corrected chi connectivity index (χ0v) is 15.0. The summed E-state index contributed by atoms with van der Waals surface area (Å²) in [4.78, 5) is 18.3. The summed E-state index contributed by atoms with van der Waals surface area (Å²) in [6, 6.07) is 3.35. The van der Waals surface area contributed by atoms with Gasteiger partial charge in [-0.25, -0.2) is 9.78 Å². The third kappa shape index (κ3) is 5.57. The van der Waals surface area contributed by atoms with E-state index in [-0.39, 0.29) is 12.1 Å². The molecule has 1 amide bonds. The molecule has 0 unspecified atom stereocenters. The predicted octanol–water partition coefficient (Wildman–Crippen LogP) is 4.15. The number of rotatable bonds is 3. The number of hydrogen-bond acceptors (Lipinski definition) is 4. The number of aromatic nitrogens is 1. The monoisotopic (exact) mass is 340 g/mol. The number of likely N-dealkylation sites (tertiary alicyclic amines) is 1. The molecule has 2 rings (SSSR count). The number of halogens is 1. The Labute approximate surface area is 142 Å². The first kappa shape index (κ1) is 17.9. The van der Waals surface area contributed by atoms with Crippen LogP contribution in [0.4, 0.5) is 4.79 Å². The van der Waals surface area contributed by atoms with Gasteiger partial charge < -0.3 is 14.4 Å². The Hall–Kier alpha value is -1.49. The van der Waals surface area contributed by atoms with Gasteiger partial charge in [-0.05, 0) is 45.6 Å². The molecular formula is C17H25ClN2O3. The van der Waals surface area contributed by atoms with E-state index in [1.165, 1.54) is 0 Å². The van der Waals surface area contributed by atoms with Gasteiger partial charge in [0.25, 0.3) is 0 Å². The molecule has 23 heavy (non-hydrogen) atoms. The minimum atomic E-state index is -0.500. The average Bonchev–Trinajstić information content (AvgIpc) is 2.43. The molecule has 1 aliphatic rings. The maximum Gasteiger partial charge on any atom is 0.410 e. The van der Waals surface area contributed by atoms with Gasteiger partial charge in [0.2, 0.25) is 5.88 Å². The van der Waals surface area contributed by atoms with Gasteiger partial charge in [-0.15, -0.1) is 0 Å². The summed E-state index contributed by atoms with van der Waals surface area (Å²) >= 11 is 5.94. The lowest BCUT2D eigenvalue weighted by atomic mass is 9.93. The summed E-state index contributed by atoms with van der Waals surface area (Å²) < 4.78 is 11.2. The van der Waals surface area contributed by atoms with Gasteiger partial charge in [-0.3, -0.25) is 0 Å². The molecule has 5 nitrogen and oxygen atoms in total. The molecule has 0 aromatic carbocycles. The average molecular weight is 341 g/mol. The van der Waals surface area contributed by atoms with E-state index in [1.807, 2.05) is 20.8 Å². The van der Waals surface area contributed by atoms with Crippen LogP contribution in [0.1, 0.15) is 40.5 Å². The molecule has 1 fully saturated rings. The van der Waals surface area contributed by atoms with Crippen LogP contribution in [-0.2, 0) is 4.74 Å². The first-order valence-electron chi connectivity index (χ1n) is 7.98. The minimum Gasteiger partial charge on any atom is -0.475 e. The molecule has 128 valence electrons. The molecule has 1 saturated heterocycles. The molecule has 6 heteroatoms. The normalized spacial score (nSPS) is 21.9. The van der Waals surface area contributed by atoms with E-state index < -0.39 is 5.60 Å². The fraction of sp³-hybridized carbons (Fsp3) is 0.647. The zero-order valence-electron chi connectivity index (χ0n) is 14.2. The Morgan fingerprint density at radius 2 is 2.22 bits per heavy atom. The van der Waals surface area contributed by atoms with E-state index in [0.717, 1.165) is 12.8 Å². The lowest BCUT2D eigenvalue weighted by Crippen LogP contribution is -2.50. The number of carbonyl (C=O) groups excluding carboxylic acids is 1. The second-order valence-corrected chi connectivity index (χ2v) is 7.52.